The second-order valence-electron chi connectivity index (χ2n) is 4.83. The van der Waals surface area contributed by atoms with E-state index in [0.29, 0.717) is 5.92 Å². The molecule has 1 aliphatic heterocycles. The van der Waals surface area contributed by atoms with Gasteiger partial charge in [-0.1, -0.05) is 6.08 Å². The maximum absolute atomic E-state index is 10.9. The van der Waals surface area contributed by atoms with Crippen molar-refractivity contribution in [2.45, 2.75) is 44.7 Å². The minimum Gasteiger partial charge on any atom is -0.466 e. The third kappa shape index (κ3) is 2.44. The number of methoxy groups -OCH3 is 1. The Morgan fingerprint density at radius 3 is 2.38 bits per heavy atom. The number of hydrogen-bond donors (Lipinski definition) is 0. The van der Waals surface area contributed by atoms with Gasteiger partial charge in [0, 0.05) is 6.08 Å². The lowest BCUT2D eigenvalue weighted by Gasteiger charge is -2.19. The highest BCUT2D eigenvalue weighted by Crippen LogP contribution is 2.41. The Bertz CT molecular complexity index is 292. The lowest BCUT2D eigenvalue weighted by molar-refractivity contribution is -0.152. The van der Waals surface area contributed by atoms with Crippen molar-refractivity contribution in [2.24, 2.45) is 5.92 Å². The van der Waals surface area contributed by atoms with Crippen LogP contribution in [0.5, 0.6) is 0 Å². The van der Waals surface area contributed by atoms with Crippen molar-refractivity contribution < 1.29 is 19.0 Å². The third-order valence-electron chi connectivity index (χ3n) is 3.06. The minimum atomic E-state index is -0.452. The van der Waals surface area contributed by atoms with Gasteiger partial charge in [0.15, 0.2) is 5.79 Å². The van der Waals surface area contributed by atoms with Gasteiger partial charge in [-0.25, -0.2) is 4.79 Å². The fourth-order valence-electron chi connectivity index (χ4n) is 2.44. The highest BCUT2D eigenvalue weighted by Gasteiger charge is 2.46. The van der Waals surface area contributed by atoms with Crippen LogP contribution in [-0.4, -0.2) is 31.1 Å². The van der Waals surface area contributed by atoms with Crippen molar-refractivity contribution in [1.82, 2.24) is 0 Å². The first kappa shape index (κ1) is 11.6. The van der Waals surface area contributed by atoms with Crippen LogP contribution in [0.3, 0.4) is 0 Å². The standard InChI is InChI=1S/C12H18O4/c1-12(2)15-9-6-8(7-10(9)16-12)4-5-11(13)14-3/h4-5,8-10H,6-7H2,1-3H3/b5-4+/t8?,9-,10+. The van der Waals surface area contributed by atoms with E-state index in [1.807, 2.05) is 19.9 Å². The number of rotatable bonds is 2. The molecule has 0 aromatic heterocycles. The molecule has 0 aromatic rings. The average molecular weight is 226 g/mol. The molecule has 1 heterocycles. The molecule has 1 aliphatic carbocycles. The van der Waals surface area contributed by atoms with E-state index in [4.69, 9.17) is 9.47 Å². The van der Waals surface area contributed by atoms with Crippen LogP contribution >= 0.6 is 0 Å². The molecule has 2 rings (SSSR count). The topological polar surface area (TPSA) is 44.8 Å². The molecule has 0 bridgehead atoms. The maximum atomic E-state index is 10.9. The van der Waals surface area contributed by atoms with E-state index in [9.17, 15) is 4.79 Å². The summed E-state index contributed by atoms with van der Waals surface area (Å²) in [4.78, 5) is 10.9. The number of hydrogen-bond acceptors (Lipinski definition) is 4. The summed E-state index contributed by atoms with van der Waals surface area (Å²) < 4.78 is 16.1. The van der Waals surface area contributed by atoms with Crippen LogP contribution in [0.4, 0.5) is 0 Å². The molecule has 3 atom stereocenters. The molecule has 90 valence electrons. The molecule has 2 fully saturated rings. The van der Waals surface area contributed by atoms with Crippen LogP contribution in [0.15, 0.2) is 12.2 Å². The van der Waals surface area contributed by atoms with Crippen molar-refractivity contribution >= 4 is 5.97 Å². The zero-order chi connectivity index (χ0) is 11.8. The molecule has 0 N–H and O–H groups in total. The summed E-state index contributed by atoms with van der Waals surface area (Å²) in [6.07, 6.45) is 5.55. The Morgan fingerprint density at radius 2 is 1.88 bits per heavy atom. The van der Waals surface area contributed by atoms with Gasteiger partial charge in [-0.15, -0.1) is 0 Å². The van der Waals surface area contributed by atoms with Crippen molar-refractivity contribution in [3.05, 3.63) is 12.2 Å². The summed E-state index contributed by atoms with van der Waals surface area (Å²) in [6, 6.07) is 0. The molecule has 4 heteroatoms. The molecule has 2 aliphatic rings. The summed E-state index contributed by atoms with van der Waals surface area (Å²) in [5.41, 5.74) is 0. The van der Waals surface area contributed by atoms with Crippen molar-refractivity contribution in [3.8, 4) is 0 Å². The SMILES string of the molecule is COC(=O)/C=C/C1C[C@@H]2OC(C)(C)O[C@@H]2C1. The smallest absolute Gasteiger partial charge is 0.330 e. The predicted octanol–water partition coefficient (Wildman–Crippen LogP) is 1.65. The number of fused-ring (bicyclic) bond motifs is 1. The van der Waals surface area contributed by atoms with Crippen molar-refractivity contribution in [1.29, 1.82) is 0 Å². The van der Waals surface area contributed by atoms with Crippen LogP contribution in [0.1, 0.15) is 26.7 Å². The Labute approximate surface area is 95.6 Å². The monoisotopic (exact) mass is 226 g/mol. The van der Waals surface area contributed by atoms with E-state index in [1.165, 1.54) is 13.2 Å². The minimum absolute atomic E-state index is 0.169. The normalized spacial score (nSPS) is 36.6. The number of ether oxygens (including phenoxy) is 3. The Balaban J connectivity index is 1.87. The van der Waals surface area contributed by atoms with Gasteiger partial charge >= 0.3 is 5.97 Å². The fourth-order valence-corrected chi connectivity index (χ4v) is 2.44. The third-order valence-corrected chi connectivity index (χ3v) is 3.06. The Kier molecular flexibility index (Phi) is 3.04. The lowest BCUT2D eigenvalue weighted by Crippen LogP contribution is -2.22. The van der Waals surface area contributed by atoms with Gasteiger partial charge in [0.25, 0.3) is 0 Å². The summed E-state index contributed by atoms with van der Waals surface area (Å²) in [7, 11) is 1.38. The molecule has 0 aromatic carbocycles. The second kappa shape index (κ2) is 4.18. The molecule has 1 saturated carbocycles. The molecular formula is C12H18O4. The molecule has 0 amide bonds. The largest absolute Gasteiger partial charge is 0.466 e. The Hall–Kier alpha value is -0.870. The lowest BCUT2D eigenvalue weighted by atomic mass is 10.1. The summed E-state index contributed by atoms with van der Waals surface area (Å²) in [5.74, 6) is -0.406. The van der Waals surface area contributed by atoms with Gasteiger partial charge in [-0.2, -0.15) is 0 Å². The van der Waals surface area contributed by atoms with E-state index in [0.717, 1.165) is 12.8 Å². The average Bonchev–Trinajstić information content (AvgIpc) is 2.67. The van der Waals surface area contributed by atoms with E-state index in [2.05, 4.69) is 4.74 Å². The number of carbonyl (C=O) groups excluding carboxylic acids is 1. The van der Waals surface area contributed by atoms with Gasteiger partial charge in [0.05, 0.1) is 19.3 Å². The summed E-state index contributed by atoms with van der Waals surface area (Å²) in [5, 5.41) is 0. The highest BCUT2D eigenvalue weighted by atomic mass is 16.8. The quantitative estimate of drug-likeness (QED) is 0.530. The molecule has 1 saturated heterocycles. The second-order valence-corrected chi connectivity index (χ2v) is 4.83. The first-order chi connectivity index (χ1) is 7.50. The number of esters is 1. The zero-order valence-corrected chi connectivity index (χ0v) is 9.93. The van der Waals surface area contributed by atoms with Crippen LogP contribution in [-0.2, 0) is 19.0 Å². The van der Waals surface area contributed by atoms with Gasteiger partial charge in [-0.05, 0) is 32.6 Å². The summed E-state index contributed by atoms with van der Waals surface area (Å²) >= 11 is 0. The molecule has 0 radical (unpaired) electrons. The van der Waals surface area contributed by atoms with Crippen LogP contribution < -0.4 is 0 Å². The molecule has 4 nitrogen and oxygen atoms in total. The van der Waals surface area contributed by atoms with Crippen molar-refractivity contribution in [3.63, 3.8) is 0 Å². The van der Waals surface area contributed by atoms with E-state index >= 15 is 0 Å². The number of carbonyl (C=O) groups is 1. The molecule has 1 unspecified atom stereocenters. The van der Waals surface area contributed by atoms with Gasteiger partial charge in [0.1, 0.15) is 0 Å². The maximum Gasteiger partial charge on any atom is 0.330 e. The number of allylic oxidation sites excluding steroid dienone is 1. The van der Waals surface area contributed by atoms with Crippen LogP contribution in [0, 0.1) is 5.92 Å². The van der Waals surface area contributed by atoms with E-state index < -0.39 is 5.79 Å². The predicted molar refractivity (Wildman–Crippen MR) is 57.7 cm³/mol. The van der Waals surface area contributed by atoms with Crippen LogP contribution in [0.25, 0.3) is 0 Å². The van der Waals surface area contributed by atoms with Crippen molar-refractivity contribution in [2.75, 3.05) is 7.11 Å². The van der Waals surface area contributed by atoms with Gasteiger partial charge in [-0.3, -0.25) is 0 Å². The van der Waals surface area contributed by atoms with Crippen LogP contribution in [0.2, 0.25) is 0 Å². The summed E-state index contributed by atoms with van der Waals surface area (Å²) in [6.45, 7) is 3.87. The first-order valence-corrected chi connectivity index (χ1v) is 5.62. The van der Waals surface area contributed by atoms with Gasteiger partial charge < -0.3 is 14.2 Å². The molecular weight excluding hydrogens is 208 g/mol. The highest BCUT2D eigenvalue weighted by molar-refractivity contribution is 5.81. The first-order valence-electron chi connectivity index (χ1n) is 5.62. The Morgan fingerprint density at radius 1 is 1.31 bits per heavy atom. The zero-order valence-electron chi connectivity index (χ0n) is 9.93. The fraction of sp³-hybridized carbons (Fsp3) is 0.750. The molecule has 0 spiro atoms. The molecule has 16 heavy (non-hydrogen) atoms. The van der Waals surface area contributed by atoms with Gasteiger partial charge in [0.2, 0.25) is 0 Å². The van der Waals surface area contributed by atoms with E-state index in [1.54, 1.807) is 0 Å². The van der Waals surface area contributed by atoms with E-state index in [-0.39, 0.29) is 18.2 Å².